The molecular formula is C15H28IN5. The van der Waals surface area contributed by atoms with E-state index in [1.165, 1.54) is 18.4 Å². The molecule has 2 rings (SSSR count). The fourth-order valence-corrected chi connectivity index (χ4v) is 2.74. The van der Waals surface area contributed by atoms with Crippen LogP contribution in [-0.2, 0) is 6.54 Å². The van der Waals surface area contributed by atoms with Gasteiger partial charge in [-0.05, 0) is 37.7 Å². The monoisotopic (exact) mass is 405 g/mol. The second-order valence-electron chi connectivity index (χ2n) is 5.80. The van der Waals surface area contributed by atoms with Gasteiger partial charge in [-0.2, -0.15) is 5.10 Å². The van der Waals surface area contributed by atoms with Crippen LogP contribution in [0.3, 0.4) is 0 Å². The summed E-state index contributed by atoms with van der Waals surface area (Å²) >= 11 is 0. The van der Waals surface area contributed by atoms with Gasteiger partial charge >= 0.3 is 0 Å². The Kier molecular flexibility index (Phi) is 8.06. The maximum Gasteiger partial charge on any atom is 0.193 e. The van der Waals surface area contributed by atoms with Gasteiger partial charge < -0.3 is 10.2 Å². The lowest BCUT2D eigenvalue weighted by molar-refractivity contribution is 0.266. The van der Waals surface area contributed by atoms with Crippen molar-refractivity contribution in [1.29, 1.82) is 0 Å². The first-order chi connectivity index (χ1) is 9.69. The van der Waals surface area contributed by atoms with E-state index in [0.29, 0.717) is 0 Å². The van der Waals surface area contributed by atoms with Crippen LogP contribution in [0.5, 0.6) is 0 Å². The summed E-state index contributed by atoms with van der Waals surface area (Å²) in [7, 11) is 1.87. The number of piperidine rings is 1. The number of aryl methyl sites for hydroxylation is 2. The zero-order valence-corrected chi connectivity index (χ0v) is 15.7. The molecule has 1 saturated heterocycles. The third-order valence-electron chi connectivity index (χ3n) is 3.78. The zero-order valence-electron chi connectivity index (χ0n) is 13.4. The number of likely N-dealkylation sites (tertiary alicyclic amines) is 1. The third-order valence-corrected chi connectivity index (χ3v) is 3.78. The number of aromatic nitrogens is 2. The molecule has 1 N–H and O–H groups in total. The average molecular weight is 405 g/mol. The standard InChI is InChI=1S/C15H27N5.HI/c1-13-6-4-8-19(11-13)15(16-3)17-7-5-9-20-12-14(2)10-18-20;/h10,12-13H,4-9,11H2,1-3H3,(H,16,17);1H. The quantitative estimate of drug-likeness (QED) is 0.363. The van der Waals surface area contributed by atoms with Crippen molar-refractivity contribution in [1.82, 2.24) is 20.0 Å². The molecule has 1 aromatic heterocycles. The lowest BCUT2D eigenvalue weighted by Crippen LogP contribution is -2.46. The van der Waals surface area contributed by atoms with Crippen molar-refractivity contribution in [2.75, 3.05) is 26.7 Å². The highest BCUT2D eigenvalue weighted by Gasteiger charge is 2.18. The number of halogens is 1. The van der Waals surface area contributed by atoms with Gasteiger partial charge in [-0.3, -0.25) is 9.67 Å². The minimum atomic E-state index is 0. The van der Waals surface area contributed by atoms with Crippen LogP contribution in [0.1, 0.15) is 31.7 Å². The Hall–Kier alpha value is -0.790. The Balaban J connectivity index is 0.00000220. The summed E-state index contributed by atoms with van der Waals surface area (Å²) in [6, 6.07) is 0. The lowest BCUT2D eigenvalue weighted by atomic mass is 10.0. The fraction of sp³-hybridized carbons (Fsp3) is 0.733. The molecule has 1 fully saturated rings. The van der Waals surface area contributed by atoms with Crippen LogP contribution in [0.25, 0.3) is 0 Å². The summed E-state index contributed by atoms with van der Waals surface area (Å²) in [4.78, 5) is 6.79. The van der Waals surface area contributed by atoms with Gasteiger partial charge in [0.15, 0.2) is 5.96 Å². The van der Waals surface area contributed by atoms with Gasteiger partial charge in [-0.15, -0.1) is 24.0 Å². The molecule has 0 saturated carbocycles. The first-order valence-corrected chi connectivity index (χ1v) is 7.63. The van der Waals surface area contributed by atoms with Crippen LogP contribution in [0, 0.1) is 12.8 Å². The molecule has 6 heteroatoms. The van der Waals surface area contributed by atoms with Crippen LogP contribution in [0.4, 0.5) is 0 Å². The highest BCUT2D eigenvalue weighted by molar-refractivity contribution is 14.0. The van der Waals surface area contributed by atoms with E-state index in [0.717, 1.165) is 44.5 Å². The number of rotatable bonds is 4. The van der Waals surface area contributed by atoms with Crippen molar-refractivity contribution in [3.63, 3.8) is 0 Å². The van der Waals surface area contributed by atoms with E-state index >= 15 is 0 Å². The van der Waals surface area contributed by atoms with Crippen molar-refractivity contribution in [3.8, 4) is 0 Å². The van der Waals surface area contributed by atoms with Crippen molar-refractivity contribution in [2.45, 2.75) is 39.7 Å². The molecule has 1 aromatic rings. The van der Waals surface area contributed by atoms with Gasteiger partial charge in [0.2, 0.25) is 0 Å². The average Bonchev–Trinajstić information content (AvgIpc) is 2.84. The van der Waals surface area contributed by atoms with E-state index in [9.17, 15) is 0 Å². The van der Waals surface area contributed by atoms with Crippen LogP contribution < -0.4 is 5.32 Å². The zero-order chi connectivity index (χ0) is 14.4. The van der Waals surface area contributed by atoms with Crippen LogP contribution in [0.2, 0.25) is 0 Å². The van der Waals surface area contributed by atoms with Crippen molar-refractivity contribution < 1.29 is 0 Å². The van der Waals surface area contributed by atoms with Gasteiger partial charge in [-0.25, -0.2) is 0 Å². The summed E-state index contributed by atoms with van der Waals surface area (Å²) in [5.74, 6) is 1.82. The Morgan fingerprint density at radius 1 is 1.52 bits per heavy atom. The molecule has 0 amide bonds. The van der Waals surface area contributed by atoms with E-state index < -0.39 is 0 Å². The first kappa shape index (κ1) is 18.3. The number of nitrogens with zero attached hydrogens (tertiary/aromatic N) is 4. The van der Waals surface area contributed by atoms with Crippen molar-refractivity contribution in [2.24, 2.45) is 10.9 Å². The molecule has 1 unspecified atom stereocenters. The summed E-state index contributed by atoms with van der Waals surface area (Å²) in [5.41, 5.74) is 1.22. The molecule has 1 atom stereocenters. The minimum Gasteiger partial charge on any atom is -0.356 e. The van der Waals surface area contributed by atoms with E-state index in [1.54, 1.807) is 0 Å². The number of nitrogens with one attached hydrogen (secondary N) is 1. The molecule has 1 aliphatic heterocycles. The van der Waals surface area contributed by atoms with E-state index in [4.69, 9.17) is 0 Å². The Bertz CT molecular complexity index is 443. The van der Waals surface area contributed by atoms with Gasteiger partial charge in [0.05, 0.1) is 6.20 Å². The maximum atomic E-state index is 4.40. The molecule has 21 heavy (non-hydrogen) atoms. The van der Waals surface area contributed by atoms with Gasteiger partial charge in [-0.1, -0.05) is 6.92 Å². The number of guanidine groups is 1. The Labute approximate surface area is 145 Å². The fourth-order valence-electron chi connectivity index (χ4n) is 2.74. The predicted molar refractivity (Wildman–Crippen MR) is 98.3 cm³/mol. The lowest BCUT2D eigenvalue weighted by Gasteiger charge is -2.33. The molecule has 0 bridgehead atoms. The molecule has 2 heterocycles. The number of aliphatic imine (C=N–C) groups is 1. The van der Waals surface area contributed by atoms with Crippen LogP contribution in [-0.4, -0.2) is 47.3 Å². The number of hydrogen-bond acceptors (Lipinski definition) is 2. The Morgan fingerprint density at radius 3 is 2.95 bits per heavy atom. The summed E-state index contributed by atoms with van der Waals surface area (Å²) in [6.07, 6.45) is 7.66. The molecule has 1 aliphatic rings. The van der Waals surface area contributed by atoms with Crippen LogP contribution >= 0.6 is 24.0 Å². The minimum absolute atomic E-state index is 0. The molecule has 0 radical (unpaired) electrons. The van der Waals surface area contributed by atoms with E-state index in [1.807, 2.05) is 17.9 Å². The van der Waals surface area contributed by atoms with E-state index in [2.05, 4.69) is 40.4 Å². The van der Waals surface area contributed by atoms with E-state index in [-0.39, 0.29) is 24.0 Å². The van der Waals surface area contributed by atoms with Crippen LogP contribution in [0.15, 0.2) is 17.4 Å². The summed E-state index contributed by atoms with van der Waals surface area (Å²) in [5, 5.41) is 7.77. The summed E-state index contributed by atoms with van der Waals surface area (Å²) in [6.45, 7) is 8.53. The Morgan fingerprint density at radius 2 is 2.33 bits per heavy atom. The van der Waals surface area contributed by atoms with Crippen molar-refractivity contribution >= 4 is 29.9 Å². The second kappa shape index (κ2) is 9.27. The maximum absolute atomic E-state index is 4.40. The predicted octanol–water partition coefficient (Wildman–Crippen LogP) is 2.51. The van der Waals surface area contributed by atoms with Crippen molar-refractivity contribution in [3.05, 3.63) is 18.0 Å². The number of hydrogen-bond donors (Lipinski definition) is 1. The SMILES string of the molecule is CN=C(NCCCn1cc(C)cn1)N1CCCC(C)C1.I. The highest BCUT2D eigenvalue weighted by atomic mass is 127. The molecule has 120 valence electrons. The normalized spacial score (nSPS) is 19.3. The third kappa shape index (κ3) is 5.84. The molecule has 5 nitrogen and oxygen atoms in total. The smallest absolute Gasteiger partial charge is 0.193 e. The first-order valence-electron chi connectivity index (χ1n) is 7.63. The highest BCUT2D eigenvalue weighted by Crippen LogP contribution is 2.15. The molecule has 0 aliphatic carbocycles. The second-order valence-corrected chi connectivity index (χ2v) is 5.80. The van der Waals surface area contributed by atoms with Gasteiger partial charge in [0.1, 0.15) is 0 Å². The summed E-state index contributed by atoms with van der Waals surface area (Å²) < 4.78 is 2.00. The van der Waals surface area contributed by atoms with Gasteiger partial charge in [0, 0.05) is 39.4 Å². The largest absolute Gasteiger partial charge is 0.356 e. The van der Waals surface area contributed by atoms with Gasteiger partial charge in [0.25, 0.3) is 0 Å². The topological polar surface area (TPSA) is 45.5 Å². The molecular weight excluding hydrogens is 377 g/mol. The molecule has 0 aromatic carbocycles. The molecule has 0 spiro atoms.